The standard InChI is InChI=1S/C33H60O7/c1-21(34)20-39-24(36)33(17,29(10,11)28(8,9)26(2,3)4)31(14,15)30(12,13)32(16,27(5,6)7)25(37)40-22-18-19-38-23(22)35/h21-22,34H,18-20H2,1-17H3. The zero-order valence-corrected chi connectivity index (χ0v) is 28.7. The van der Waals surface area contributed by atoms with Crippen molar-refractivity contribution >= 4 is 17.9 Å². The summed E-state index contributed by atoms with van der Waals surface area (Å²) in [5, 5.41) is 10.0. The van der Waals surface area contributed by atoms with Crippen molar-refractivity contribution < 1.29 is 33.7 Å². The first-order valence-corrected chi connectivity index (χ1v) is 14.7. The van der Waals surface area contributed by atoms with Gasteiger partial charge >= 0.3 is 17.9 Å². The van der Waals surface area contributed by atoms with Crippen LogP contribution in [-0.2, 0) is 28.6 Å². The van der Waals surface area contributed by atoms with E-state index in [1.54, 1.807) is 6.92 Å². The molecule has 0 aromatic rings. The van der Waals surface area contributed by atoms with E-state index < -0.39 is 68.0 Å². The Bertz CT molecular complexity index is 958. The van der Waals surface area contributed by atoms with E-state index >= 15 is 0 Å². The van der Waals surface area contributed by atoms with Gasteiger partial charge in [0, 0.05) is 6.42 Å². The fourth-order valence-corrected chi connectivity index (χ4v) is 6.77. The first-order chi connectivity index (χ1) is 17.5. The van der Waals surface area contributed by atoms with Crippen LogP contribution in [0.15, 0.2) is 0 Å². The fourth-order valence-electron chi connectivity index (χ4n) is 6.77. The molecule has 4 atom stereocenters. The molecular formula is C33H60O7. The number of carbonyl (C=O) groups excluding carboxylic acids is 3. The molecule has 0 saturated carbocycles. The lowest BCUT2D eigenvalue weighted by Crippen LogP contribution is -2.68. The highest BCUT2D eigenvalue weighted by Crippen LogP contribution is 2.72. The number of carbonyl (C=O) groups is 3. The number of ether oxygens (including phenoxy) is 3. The third kappa shape index (κ3) is 5.33. The Labute approximate surface area is 244 Å². The van der Waals surface area contributed by atoms with Crippen molar-refractivity contribution in [3.63, 3.8) is 0 Å². The Morgan fingerprint density at radius 2 is 1.18 bits per heavy atom. The average Bonchev–Trinajstić information content (AvgIpc) is 3.17. The molecule has 1 fully saturated rings. The van der Waals surface area contributed by atoms with E-state index in [0.717, 1.165) is 0 Å². The maximum absolute atomic E-state index is 14.4. The largest absolute Gasteiger partial charge is 0.463 e. The Balaban J connectivity index is 4.03. The molecule has 0 amide bonds. The second-order valence-electron chi connectivity index (χ2n) is 16.5. The van der Waals surface area contributed by atoms with Gasteiger partial charge in [0.1, 0.15) is 6.61 Å². The molecule has 40 heavy (non-hydrogen) atoms. The van der Waals surface area contributed by atoms with Crippen LogP contribution in [0, 0.1) is 43.3 Å². The highest BCUT2D eigenvalue weighted by Gasteiger charge is 2.72. The first kappa shape index (κ1) is 36.4. The minimum absolute atomic E-state index is 0.126. The normalized spacial score (nSPS) is 21.6. The van der Waals surface area contributed by atoms with Gasteiger partial charge < -0.3 is 19.3 Å². The summed E-state index contributed by atoms with van der Waals surface area (Å²) in [4.78, 5) is 40.9. The number of aliphatic hydroxyl groups excluding tert-OH is 1. The summed E-state index contributed by atoms with van der Waals surface area (Å²) in [6, 6.07) is 0. The van der Waals surface area contributed by atoms with Gasteiger partial charge in [0.25, 0.3) is 0 Å². The molecule has 1 aliphatic heterocycles. The van der Waals surface area contributed by atoms with Crippen molar-refractivity contribution in [2.75, 3.05) is 13.2 Å². The fraction of sp³-hybridized carbons (Fsp3) is 0.909. The summed E-state index contributed by atoms with van der Waals surface area (Å²) < 4.78 is 16.8. The second-order valence-corrected chi connectivity index (χ2v) is 16.5. The van der Waals surface area contributed by atoms with Gasteiger partial charge in [-0.2, -0.15) is 0 Å². The van der Waals surface area contributed by atoms with Crippen LogP contribution in [0.5, 0.6) is 0 Å². The molecule has 1 rings (SSSR count). The third-order valence-electron chi connectivity index (χ3n) is 12.7. The topological polar surface area (TPSA) is 99.1 Å². The maximum Gasteiger partial charge on any atom is 0.347 e. The van der Waals surface area contributed by atoms with Crippen LogP contribution in [0.2, 0.25) is 0 Å². The summed E-state index contributed by atoms with van der Waals surface area (Å²) in [6.07, 6.45) is -1.43. The van der Waals surface area contributed by atoms with Gasteiger partial charge in [-0.25, -0.2) is 4.79 Å². The van der Waals surface area contributed by atoms with E-state index in [0.29, 0.717) is 6.42 Å². The predicted octanol–water partition coefficient (Wildman–Crippen LogP) is 6.98. The van der Waals surface area contributed by atoms with E-state index in [4.69, 9.17) is 14.2 Å². The van der Waals surface area contributed by atoms with Crippen LogP contribution in [0.25, 0.3) is 0 Å². The monoisotopic (exact) mass is 568 g/mol. The van der Waals surface area contributed by atoms with Crippen LogP contribution < -0.4 is 0 Å². The van der Waals surface area contributed by atoms with Gasteiger partial charge in [-0.1, -0.05) is 96.9 Å². The van der Waals surface area contributed by atoms with Gasteiger partial charge in [-0.05, 0) is 53.3 Å². The summed E-state index contributed by atoms with van der Waals surface area (Å²) in [7, 11) is 0. The van der Waals surface area contributed by atoms with Crippen molar-refractivity contribution in [1.82, 2.24) is 0 Å². The third-order valence-corrected chi connectivity index (χ3v) is 12.7. The quantitative estimate of drug-likeness (QED) is 0.224. The highest BCUT2D eigenvalue weighted by molar-refractivity contribution is 5.85. The summed E-state index contributed by atoms with van der Waals surface area (Å²) in [5.41, 5.74) is -5.97. The molecule has 234 valence electrons. The Morgan fingerprint density at radius 1 is 0.750 bits per heavy atom. The molecule has 0 aliphatic carbocycles. The molecule has 0 spiro atoms. The molecule has 7 heteroatoms. The van der Waals surface area contributed by atoms with Gasteiger partial charge in [0.2, 0.25) is 6.10 Å². The average molecular weight is 569 g/mol. The summed E-state index contributed by atoms with van der Waals surface area (Å²) in [6.45, 7) is 34.7. The molecule has 1 heterocycles. The smallest absolute Gasteiger partial charge is 0.347 e. The molecular weight excluding hydrogens is 508 g/mol. The van der Waals surface area contributed by atoms with Crippen molar-refractivity contribution in [3.8, 4) is 0 Å². The number of hydrogen-bond donors (Lipinski definition) is 1. The molecule has 0 aromatic heterocycles. The minimum atomic E-state index is -1.16. The Kier molecular flexibility index (Phi) is 9.91. The second kappa shape index (κ2) is 10.9. The van der Waals surface area contributed by atoms with Gasteiger partial charge in [-0.3, -0.25) is 9.59 Å². The number of hydrogen-bond acceptors (Lipinski definition) is 7. The van der Waals surface area contributed by atoms with Crippen LogP contribution in [0.1, 0.15) is 124 Å². The number of esters is 3. The van der Waals surface area contributed by atoms with Crippen molar-refractivity contribution in [2.45, 2.75) is 136 Å². The van der Waals surface area contributed by atoms with E-state index in [1.165, 1.54) is 0 Å². The van der Waals surface area contributed by atoms with E-state index in [1.807, 2.05) is 62.3 Å². The molecule has 0 radical (unpaired) electrons. The summed E-state index contributed by atoms with van der Waals surface area (Å²) >= 11 is 0. The zero-order chi connectivity index (χ0) is 32.1. The van der Waals surface area contributed by atoms with Crippen molar-refractivity contribution in [2.24, 2.45) is 43.3 Å². The number of cyclic esters (lactones) is 1. The van der Waals surface area contributed by atoms with Crippen molar-refractivity contribution in [1.29, 1.82) is 0 Å². The van der Waals surface area contributed by atoms with E-state index in [9.17, 15) is 19.5 Å². The predicted molar refractivity (Wildman–Crippen MR) is 158 cm³/mol. The lowest BCUT2D eigenvalue weighted by atomic mass is 9.35. The summed E-state index contributed by atoms with van der Waals surface area (Å²) in [5.74, 6) is -1.44. The minimum Gasteiger partial charge on any atom is -0.463 e. The van der Waals surface area contributed by atoms with Crippen LogP contribution in [-0.4, -0.2) is 48.4 Å². The van der Waals surface area contributed by atoms with Crippen LogP contribution in [0.3, 0.4) is 0 Å². The van der Waals surface area contributed by atoms with E-state index in [2.05, 4.69) is 48.5 Å². The highest BCUT2D eigenvalue weighted by atomic mass is 16.6. The molecule has 7 nitrogen and oxygen atoms in total. The van der Waals surface area contributed by atoms with Crippen molar-refractivity contribution in [3.05, 3.63) is 0 Å². The van der Waals surface area contributed by atoms with Gasteiger partial charge in [0.15, 0.2) is 0 Å². The number of rotatable bonds is 10. The molecule has 0 aromatic carbocycles. The van der Waals surface area contributed by atoms with Crippen LogP contribution >= 0.6 is 0 Å². The lowest BCUT2D eigenvalue weighted by molar-refractivity contribution is -0.238. The Hall–Kier alpha value is -1.63. The van der Waals surface area contributed by atoms with Gasteiger partial charge in [-0.15, -0.1) is 0 Å². The molecule has 4 unspecified atom stereocenters. The van der Waals surface area contributed by atoms with Gasteiger partial charge in [0.05, 0.1) is 23.5 Å². The van der Waals surface area contributed by atoms with E-state index in [-0.39, 0.29) is 18.6 Å². The molecule has 0 bridgehead atoms. The zero-order valence-electron chi connectivity index (χ0n) is 28.7. The number of aliphatic hydroxyl groups is 1. The Morgan fingerprint density at radius 3 is 1.52 bits per heavy atom. The lowest BCUT2D eigenvalue weighted by Gasteiger charge is -2.68. The molecule has 1 aliphatic rings. The molecule has 1 N–H and O–H groups in total. The SMILES string of the molecule is CC(O)COC(=O)C(C)(C(C)(C)C(C)(C)C(C)(C)C)C(C)(C)C(C)(C)C(C)(C(=O)OC1CCOC1=O)C(C)(C)C. The molecule has 1 saturated heterocycles. The maximum atomic E-state index is 14.4. The first-order valence-electron chi connectivity index (χ1n) is 14.7. The van der Waals surface area contributed by atoms with Crippen LogP contribution in [0.4, 0.5) is 0 Å².